The lowest BCUT2D eigenvalue weighted by molar-refractivity contribution is -0.0973. The van der Waals surface area contributed by atoms with Crippen LogP contribution in [0.25, 0.3) is 0 Å². The summed E-state index contributed by atoms with van der Waals surface area (Å²) in [6.45, 7) is 1.85. The topological polar surface area (TPSA) is 55.8 Å². The second-order valence-corrected chi connectivity index (χ2v) is 2.56. The Balaban J connectivity index is 2.53. The van der Waals surface area contributed by atoms with Gasteiger partial charge in [0.25, 0.3) is 0 Å². The molecule has 0 radical (unpaired) electrons. The highest BCUT2D eigenvalue weighted by Gasteiger charge is 2.32. The van der Waals surface area contributed by atoms with Crippen LogP contribution >= 0.6 is 0 Å². The minimum atomic E-state index is -0.727. The summed E-state index contributed by atoms with van der Waals surface area (Å²) >= 11 is 0. The quantitative estimate of drug-likeness (QED) is 0.540. The molecule has 1 atom stereocenters. The number of cyclic esters (lactones) is 2. The van der Waals surface area contributed by atoms with Crippen LogP contribution in [0.2, 0.25) is 0 Å². The number of carbonyl (C=O) groups is 1. The number of aliphatic hydroxyl groups is 1. The highest BCUT2D eigenvalue weighted by Crippen LogP contribution is 2.19. The molecule has 1 fully saturated rings. The standard InChI is InChI=1S/C6H10O4/c1-6(4-7)2-3-9-5(8)10-6/h7H,2-4H2,1H3. The summed E-state index contributed by atoms with van der Waals surface area (Å²) in [4.78, 5) is 10.5. The van der Waals surface area contributed by atoms with E-state index in [-0.39, 0.29) is 6.61 Å². The molecular weight excluding hydrogens is 136 g/mol. The lowest BCUT2D eigenvalue weighted by Crippen LogP contribution is -2.41. The van der Waals surface area contributed by atoms with Crippen molar-refractivity contribution in [1.82, 2.24) is 0 Å². The molecule has 1 rings (SSSR count). The Hall–Kier alpha value is -0.770. The third kappa shape index (κ3) is 1.39. The van der Waals surface area contributed by atoms with Gasteiger partial charge in [0.15, 0.2) is 0 Å². The fourth-order valence-corrected chi connectivity index (χ4v) is 0.743. The zero-order valence-corrected chi connectivity index (χ0v) is 5.79. The number of carbonyl (C=O) groups excluding carboxylic acids is 1. The molecule has 1 saturated heterocycles. The van der Waals surface area contributed by atoms with E-state index in [1.54, 1.807) is 6.92 Å². The first-order valence-electron chi connectivity index (χ1n) is 3.13. The minimum absolute atomic E-state index is 0.151. The first-order valence-corrected chi connectivity index (χ1v) is 3.13. The molecular formula is C6H10O4. The Kier molecular flexibility index (Phi) is 1.80. The van der Waals surface area contributed by atoms with Crippen LogP contribution < -0.4 is 0 Å². The van der Waals surface area contributed by atoms with E-state index in [0.29, 0.717) is 13.0 Å². The van der Waals surface area contributed by atoms with Gasteiger partial charge in [-0.2, -0.15) is 0 Å². The van der Waals surface area contributed by atoms with Gasteiger partial charge in [0.2, 0.25) is 0 Å². The van der Waals surface area contributed by atoms with Crippen LogP contribution in [0.5, 0.6) is 0 Å². The van der Waals surface area contributed by atoms with Crippen LogP contribution in [0.15, 0.2) is 0 Å². The normalized spacial score (nSPS) is 32.8. The van der Waals surface area contributed by atoms with E-state index in [4.69, 9.17) is 9.84 Å². The van der Waals surface area contributed by atoms with Gasteiger partial charge in [-0.05, 0) is 6.92 Å². The predicted octanol–water partition coefficient (Wildman–Crippen LogP) is 0.294. The SMILES string of the molecule is CC1(CO)CCOC(=O)O1. The van der Waals surface area contributed by atoms with E-state index in [0.717, 1.165) is 0 Å². The van der Waals surface area contributed by atoms with Crippen LogP contribution in [-0.2, 0) is 9.47 Å². The van der Waals surface area contributed by atoms with E-state index in [1.807, 2.05) is 0 Å². The van der Waals surface area contributed by atoms with Crippen molar-refractivity contribution >= 4 is 6.16 Å². The summed E-state index contributed by atoms with van der Waals surface area (Å²) in [5, 5.41) is 8.74. The molecule has 4 heteroatoms. The second-order valence-electron chi connectivity index (χ2n) is 2.56. The van der Waals surface area contributed by atoms with Crippen molar-refractivity contribution in [3.05, 3.63) is 0 Å². The zero-order valence-electron chi connectivity index (χ0n) is 5.79. The van der Waals surface area contributed by atoms with Gasteiger partial charge in [0.05, 0.1) is 13.2 Å². The molecule has 58 valence electrons. The Morgan fingerprint density at radius 1 is 1.80 bits per heavy atom. The third-order valence-corrected chi connectivity index (χ3v) is 1.52. The molecule has 4 nitrogen and oxygen atoms in total. The second kappa shape index (κ2) is 2.46. The molecule has 0 aliphatic carbocycles. The largest absolute Gasteiger partial charge is 0.508 e. The molecule has 1 unspecified atom stereocenters. The monoisotopic (exact) mass is 146 g/mol. The predicted molar refractivity (Wildman–Crippen MR) is 32.5 cm³/mol. The molecule has 0 aromatic heterocycles. The van der Waals surface area contributed by atoms with Gasteiger partial charge in [0, 0.05) is 6.42 Å². The van der Waals surface area contributed by atoms with E-state index < -0.39 is 11.8 Å². The maximum atomic E-state index is 10.5. The van der Waals surface area contributed by atoms with Crippen LogP contribution in [0, 0.1) is 0 Å². The Labute approximate surface area is 58.7 Å². The number of rotatable bonds is 1. The highest BCUT2D eigenvalue weighted by molar-refractivity contribution is 5.61. The fraction of sp³-hybridized carbons (Fsp3) is 0.833. The number of hydrogen-bond donors (Lipinski definition) is 1. The Bertz CT molecular complexity index is 145. The van der Waals surface area contributed by atoms with Crippen LogP contribution in [0.4, 0.5) is 4.79 Å². The maximum Gasteiger partial charge on any atom is 0.508 e. The van der Waals surface area contributed by atoms with Crippen molar-refractivity contribution in [2.75, 3.05) is 13.2 Å². The van der Waals surface area contributed by atoms with Crippen molar-refractivity contribution in [2.24, 2.45) is 0 Å². The summed E-state index contributed by atoms with van der Waals surface area (Å²) < 4.78 is 9.21. The molecule has 1 heterocycles. The lowest BCUT2D eigenvalue weighted by Gasteiger charge is -2.30. The van der Waals surface area contributed by atoms with E-state index >= 15 is 0 Å². The number of hydrogen-bond acceptors (Lipinski definition) is 4. The van der Waals surface area contributed by atoms with Gasteiger partial charge in [0.1, 0.15) is 5.60 Å². The fourth-order valence-electron chi connectivity index (χ4n) is 0.743. The van der Waals surface area contributed by atoms with Gasteiger partial charge in [-0.15, -0.1) is 0 Å². The van der Waals surface area contributed by atoms with E-state index in [2.05, 4.69) is 4.74 Å². The summed E-state index contributed by atoms with van der Waals surface area (Å²) in [6.07, 6.45) is -0.141. The molecule has 0 bridgehead atoms. The van der Waals surface area contributed by atoms with Crippen LogP contribution in [0.1, 0.15) is 13.3 Å². The minimum Gasteiger partial charge on any atom is -0.434 e. The van der Waals surface area contributed by atoms with Crippen molar-refractivity contribution in [3.63, 3.8) is 0 Å². The van der Waals surface area contributed by atoms with E-state index in [9.17, 15) is 4.79 Å². The van der Waals surface area contributed by atoms with Gasteiger partial charge >= 0.3 is 6.16 Å². The third-order valence-electron chi connectivity index (χ3n) is 1.52. The van der Waals surface area contributed by atoms with E-state index in [1.165, 1.54) is 0 Å². The molecule has 0 spiro atoms. The van der Waals surface area contributed by atoms with Crippen LogP contribution in [-0.4, -0.2) is 30.1 Å². The van der Waals surface area contributed by atoms with Crippen molar-refractivity contribution in [1.29, 1.82) is 0 Å². The number of ether oxygens (including phenoxy) is 2. The first kappa shape index (κ1) is 7.34. The number of aliphatic hydroxyl groups excluding tert-OH is 1. The molecule has 0 aromatic rings. The molecule has 1 aliphatic heterocycles. The maximum absolute atomic E-state index is 10.5. The van der Waals surface area contributed by atoms with Crippen LogP contribution in [0.3, 0.4) is 0 Å². The molecule has 0 amide bonds. The first-order chi connectivity index (χ1) is 4.66. The molecule has 0 saturated carbocycles. The molecule has 1 aliphatic rings. The van der Waals surface area contributed by atoms with Gasteiger partial charge in [-0.1, -0.05) is 0 Å². The summed E-state index contributed by atoms with van der Waals surface area (Å²) in [5.74, 6) is 0. The van der Waals surface area contributed by atoms with Crippen molar-refractivity contribution < 1.29 is 19.4 Å². The van der Waals surface area contributed by atoms with Gasteiger partial charge < -0.3 is 14.6 Å². The molecule has 0 aromatic carbocycles. The van der Waals surface area contributed by atoms with Crippen molar-refractivity contribution in [2.45, 2.75) is 18.9 Å². The summed E-state index contributed by atoms with van der Waals surface area (Å²) in [5.41, 5.74) is -0.727. The van der Waals surface area contributed by atoms with Gasteiger partial charge in [-0.3, -0.25) is 0 Å². The Morgan fingerprint density at radius 3 is 2.90 bits per heavy atom. The molecule has 10 heavy (non-hydrogen) atoms. The average Bonchev–Trinajstić information content (AvgIpc) is 1.88. The lowest BCUT2D eigenvalue weighted by atomic mass is 10.0. The summed E-state index contributed by atoms with van der Waals surface area (Å²) in [6, 6.07) is 0. The molecule has 1 N–H and O–H groups in total. The van der Waals surface area contributed by atoms with Crippen molar-refractivity contribution in [3.8, 4) is 0 Å². The smallest absolute Gasteiger partial charge is 0.434 e. The Morgan fingerprint density at radius 2 is 2.50 bits per heavy atom. The average molecular weight is 146 g/mol. The summed E-state index contributed by atoms with van der Waals surface area (Å²) in [7, 11) is 0. The highest BCUT2D eigenvalue weighted by atomic mass is 16.7. The van der Waals surface area contributed by atoms with Gasteiger partial charge in [-0.25, -0.2) is 4.79 Å². The zero-order chi connectivity index (χ0) is 7.61.